The van der Waals surface area contributed by atoms with E-state index in [-0.39, 0.29) is 5.56 Å². The van der Waals surface area contributed by atoms with Crippen LogP contribution in [0.25, 0.3) is 5.69 Å². The third-order valence-corrected chi connectivity index (χ3v) is 3.47. The number of aryl methyl sites for hydroxylation is 1. The number of anilines is 1. The number of amides is 1. The largest absolute Gasteiger partial charge is 0.452 e. The number of carbonyl (C=O) groups excluding carboxylic acids is 2. The van der Waals surface area contributed by atoms with Crippen LogP contribution in [-0.2, 0) is 9.53 Å². The lowest BCUT2D eigenvalue weighted by Gasteiger charge is -2.10. The van der Waals surface area contributed by atoms with E-state index in [4.69, 9.17) is 4.74 Å². The van der Waals surface area contributed by atoms with Crippen LogP contribution in [0.15, 0.2) is 54.9 Å². The average molecular weight is 337 g/mol. The molecule has 1 amide bonds. The molecule has 0 aliphatic carbocycles. The van der Waals surface area contributed by atoms with E-state index in [0.29, 0.717) is 11.4 Å². The number of carbonyl (C=O) groups is 2. The first-order chi connectivity index (χ1) is 12.1. The predicted molar refractivity (Wildman–Crippen MR) is 89.2 cm³/mol. The van der Waals surface area contributed by atoms with Gasteiger partial charge in [-0.05, 0) is 41.1 Å². The van der Waals surface area contributed by atoms with Gasteiger partial charge in [0, 0.05) is 5.69 Å². The van der Waals surface area contributed by atoms with Crippen LogP contribution >= 0.6 is 0 Å². The molecule has 2 aromatic carbocycles. The fourth-order valence-electron chi connectivity index (χ4n) is 2.23. The fourth-order valence-corrected chi connectivity index (χ4v) is 2.23. The molecule has 3 aromatic rings. The van der Waals surface area contributed by atoms with E-state index in [2.05, 4.69) is 20.8 Å². The average Bonchev–Trinajstić information content (AvgIpc) is 3.16. The quantitative estimate of drug-likeness (QED) is 0.712. The standard InChI is InChI=1S/C17H15N5O3/c1-12-6-2-4-8-14(12)19-16(23)10-25-17(24)13-7-3-5-9-15(13)22-11-18-20-21-22/h2-9,11H,10H2,1H3,(H,19,23). The molecule has 8 nitrogen and oxygen atoms in total. The zero-order valence-electron chi connectivity index (χ0n) is 13.4. The Morgan fingerprint density at radius 2 is 1.88 bits per heavy atom. The molecule has 0 saturated carbocycles. The molecule has 0 bridgehead atoms. The molecule has 0 fully saturated rings. The maximum absolute atomic E-state index is 12.3. The molecule has 0 radical (unpaired) electrons. The first-order valence-electron chi connectivity index (χ1n) is 7.50. The highest BCUT2D eigenvalue weighted by Crippen LogP contribution is 2.15. The summed E-state index contributed by atoms with van der Waals surface area (Å²) in [6, 6.07) is 14.1. The number of benzene rings is 2. The van der Waals surface area contributed by atoms with Crippen molar-refractivity contribution in [2.75, 3.05) is 11.9 Å². The molecule has 0 unspecified atom stereocenters. The van der Waals surface area contributed by atoms with Crippen LogP contribution in [0, 0.1) is 6.92 Å². The molecule has 1 aromatic heterocycles. The molecule has 3 rings (SSSR count). The van der Waals surface area contributed by atoms with Crippen LogP contribution < -0.4 is 5.32 Å². The Hall–Kier alpha value is -3.55. The summed E-state index contributed by atoms with van der Waals surface area (Å²) in [6.45, 7) is 1.49. The van der Waals surface area contributed by atoms with Crippen molar-refractivity contribution in [3.8, 4) is 5.69 Å². The van der Waals surface area contributed by atoms with E-state index in [0.717, 1.165) is 5.56 Å². The molecule has 0 saturated heterocycles. The molecule has 0 atom stereocenters. The number of hydrogen-bond donors (Lipinski definition) is 1. The zero-order chi connectivity index (χ0) is 17.6. The molecule has 0 spiro atoms. The molecule has 8 heteroatoms. The smallest absolute Gasteiger partial charge is 0.340 e. The van der Waals surface area contributed by atoms with Gasteiger partial charge in [0.15, 0.2) is 6.61 Å². The van der Waals surface area contributed by atoms with Gasteiger partial charge in [0.05, 0.1) is 11.3 Å². The van der Waals surface area contributed by atoms with E-state index >= 15 is 0 Å². The molecular weight excluding hydrogens is 322 g/mol. The van der Waals surface area contributed by atoms with E-state index in [9.17, 15) is 9.59 Å². The van der Waals surface area contributed by atoms with Gasteiger partial charge in [-0.25, -0.2) is 4.79 Å². The van der Waals surface area contributed by atoms with Gasteiger partial charge in [-0.3, -0.25) is 4.79 Å². The van der Waals surface area contributed by atoms with Crippen LogP contribution in [-0.4, -0.2) is 38.7 Å². The Balaban J connectivity index is 1.66. The Morgan fingerprint density at radius 3 is 2.64 bits per heavy atom. The lowest BCUT2D eigenvalue weighted by Crippen LogP contribution is -2.22. The number of ether oxygens (including phenoxy) is 1. The van der Waals surface area contributed by atoms with Gasteiger partial charge < -0.3 is 10.1 Å². The van der Waals surface area contributed by atoms with E-state index < -0.39 is 18.5 Å². The summed E-state index contributed by atoms with van der Waals surface area (Å²) < 4.78 is 6.46. The van der Waals surface area contributed by atoms with Crippen molar-refractivity contribution in [1.82, 2.24) is 20.2 Å². The van der Waals surface area contributed by atoms with Gasteiger partial charge in [0.1, 0.15) is 6.33 Å². The second-order valence-electron chi connectivity index (χ2n) is 5.21. The van der Waals surface area contributed by atoms with Crippen molar-refractivity contribution < 1.29 is 14.3 Å². The highest BCUT2D eigenvalue weighted by Gasteiger charge is 2.16. The van der Waals surface area contributed by atoms with Crippen molar-refractivity contribution in [2.24, 2.45) is 0 Å². The van der Waals surface area contributed by atoms with E-state index in [1.807, 2.05) is 25.1 Å². The lowest BCUT2D eigenvalue weighted by atomic mass is 10.2. The minimum absolute atomic E-state index is 0.262. The number of aromatic nitrogens is 4. The van der Waals surface area contributed by atoms with Crippen molar-refractivity contribution in [2.45, 2.75) is 6.92 Å². The topological polar surface area (TPSA) is 99.0 Å². The zero-order valence-corrected chi connectivity index (χ0v) is 13.4. The molecule has 25 heavy (non-hydrogen) atoms. The number of nitrogens with one attached hydrogen (secondary N) is 1. The van der Waals surface area contributed by atoms with E-state index in [1.165, 1.54) is 11.0 Å². The van der Waals surface area contributed by atoms with Crippen LogP contribution in [0.1, 0.15) is 15.9 Å². The van der Waals surface area contributed by atoms with Gasteiger partial charge in [-0.1, -0.05) is 30.3 Å². The molecule has 1 N–H and O–H groups in total. The summed E-state index contributed by atoms with van der Waals surface area (Å²) in [6.07, 6.45) is 1.37. The number of hydrogen-bond acceptors (Lipinski definition) is 6. The molecule has 126 valence electrons. The Morgan fingerprint density at radius 1 is 1.12 bits per heavy atom. The highest BCUT2D eigenvalue weighted by molar-refractivity contribution is 5.97. The van der Waals surface area contributed by atoms with Crippen LogP contribution in [0.2, 0.25) is 0 Å². The van der Waals surface area contributed by atoms with Crippen LogP contribution in [0.3, 0.4) is 0 Å². The van der Waals surface area contributed by atoms with Gasteiger partial charge in [-0.15, -0.1) is 5.10 Å². The second kappa shape index (κ2) is 7.35. The minimum Gasteiger partial charge on any atom is -0.452 e. The number of rotatable bonds is 5. The lowest BCUT2D eigenvalue weighted by molar-refractivity contribution is -0.119. The van der Waals surface area contributed by atoms with Crippen molar-refractivity contribution >= 4 is 17.6 Å². The monoisotopic (exact) mass is 337 g/mol. The second-order valence-corrected chi connectivity index (χ2v) is 5.21. The summed E-state index contributed by atoms with van der Waals surface area (Å²) in [4.78, 5) is 24.3. The summed E-state index contributed by atoms with van der Waals surface area (Å²) in [7, 11) is 0. The number of tetrazole rings is 1. The van der Waals surface area contributed by atoms with Gasteiger partial charge in [0.2, 0.25) is 0 Å². The molecular formula is C17H15N5O3. The van der Waals surface area contributed by atoms with Crippen molar-refractivity contribution in [3.05, 3.63) is 66.0 Å². The third-order valence-electron chi connectivity index (χ3n) is 3.47. The maximum atomic E-state index is 12.3. The van der Waals surface area contributed by atoms with Gasteiger partial charge in [-0.2, -0.15) is 4.68 Å². The van der Waals surface area contributed by atoms with Gasteiger partial charge >= 0.3 is 5.97 Å². The number of esters is 1. The molecule has 1 heterocycles. The first-order valence-corrected chi connectivity index (χ1v) is 7.50. The normalized spacial score (nSPS) is 10.3. The SMILES string of the molecule is Cc1ccccc1NC(=O)COC(=O)c1ccccc1-n1cnnn1. The fraction of sp³-hybridized carbons (Fsp3) is 0.118. The minimum atomic E-state index is -0.633. The Labute approximate surface area is 143 Å². The number of nitrogens with zero attached hydrogens (tertiary/aromatic N) is 4. The Bertz CT molecular complexity index is 893. The summed E-state index contributed by atoms with van der Waals surface area (Å²) in [5, 5.41) is 13.6. The first kappa shape index (κ1) is 16.3. The highest BCUT2D eigenvalue weighted by atomic mass is 16.5. The Kier molecular flexibility index (Phi) is 4.79. The molecule has 0 aliphatic heterocycles. The van der Waals surface area contributed by atoms with Crippen molar-refractivity contribution in [3.63, 3.8) is 0 Å². The summed E-state index contributed by atoms with van der Waals surface area (Å²) in [5.74, 6) is -1.05. The van der Waals surface area contributed by atoms with Crippen LogP contribution in [0.4, 0.5) is 5.69 Å². The third kappa shape index (κ3) is 3.86. The molecule has 0 aliphatic rings. The summed E-state index contributed by atoms with van der Waals surface area (Å²) >= 11 is 0. The number of para-hydroxylation sites is 2. The van der Waals surface area contributed by atoms with Crippen LogP contribution in [0.5, 0.6) is 0 Å². The maximum Gasteiger partial charge on any atom is 0.340 e. The predicted octanol–water partition coefficient (Wildman–Crippen LogP) is 1.77. The van der Waals surface area contributed by atoms with Crippen molar-refractivity contribution in [1.29, 1.82) is 0 Å². The van der Waals surface area contributed by atoms with Gasteiger partial charge in [0.25, 0.3) is 5.91 Å². The summed E-state index contributed by atoms with van der Waals surface area (Å²) in [5.41, 5.74) is 2.33. The van der Waals surface area contributed by atoms with E-state index in [1.54, 1.807) is 30.3 Å².